The van der Waals surface area contributed by atoms with E-state index in [4.69, 9.17) is 0 Å². The first-order valence-electron chi connectivity index (χ1n) is 10.6. The summed E-state index contributed by atoms with van der Waals surface area (Å²) >= 11 is 1.55. The van der Waals surface area contributed by atoms with Gasteiger partial charge in [-0.15, -0.1) is 11.3 Å². The molecule has 0 aliphatic carbocycles. The standard InChI is InChI=1S/C23H32N4O2S/c1-3-26-10-12-27(13-11-26)17-20-8-5-4-7-19(20)16-24-23(29)15-21(25-18(2)28)22-9-6-14-30-22/h4-9,14,21H,3,10-13,15-17H2,1-2H3,(H,24,29)(H,25,28). The van der Waals surface area contributed by atoms with E-state index in [0.717, 1.165) is 49.7 Å². The van der Waals surface area contributed by atoms with Crippen molar-refractivity contribution in [3.05, 3.63) is 57.8 Å². The van der Waals surface area contributed by atoms with E-state index < -0.39 is 0 Å². The molecule has 1 aromatic carbocycles. The molecule has 1 aromatic heterocycles. The summed E-state index contributed by atoms with van der Waals surface area (Å²) in [6, 6.07) is 11.9. The number of likely N-dealkylation sites (N-methyl/N-ethyl adjacent to an activating group) is 1. The van der Waals surface area contributed by atoms with Gasteiger partial charge >= 0.3 is 0 Å². The predicted molar refractivity (Wildman–Crippen MR) is 121 cm³/mol. The molecule has 1 fully saturated rings. The highest BCUT2D eigenvalue weighted by Crippen LogP contribution is 2.22. The van der Waals surface area contributed by atoms with Crippen molar-refractivity contribution in [3.8, 4) is 0 Å². The Morgan fingerprint density at radius 2 is 1.73 bits per heavy atom. The van der Waals surface area contributed by atoms with Gasteiger partial charge in [0.2, 0.25) is 11.8 Å². The van der Waals surface area contributed by atoms with Gasteiger partial charge in [-0.3, -0.25) is 14.5 Å². The van der Waals surface area contributed by atoms with Crippen LogP contribution in [0.25, 0.3) is 0 Å². The normalized spacial score (nSPS) is 16.2. The molecule has 0 spiro atoms. The molecule has 2 aromatic rings. The van der Waals surface area contributed by atoms with Crippen LogP contribution in [0.4, 0.5) is 0 Å². The van der Waals surface area contributed by atoms with Crippen molar-refractivity contribution in [3.63, 3.8) is 0 Å². The third-order valence-electron chi connectivity index (χ3n) is 5.55. The summed E-state index contributed by atoms with van der Waals surface area (Å²) in [5.74, 6) is -0.191. The van der Waals surface area contributed by atoms with Crippen molar-refractivity contribution in [2.24, 2.45) is 0 Å². The van der Waals surface area contributed by atoms with E-state index in [1.807, 2.05) is 23.6 Å². The van der Waals surface area contributed by atoms with Crippen LogP contribution in [0.2, 0.25) is 0 Å². The lowest BCUT2D eigenvalue weighted by atomic mass is 10.1. The van der Waals surface area contributed by atoms with Crippen molar-refractivity contribution in [2.75, 3.05) is 32.7 Å². The van der Waals surface area contributed by atoms with Crippen molar-refractivity contribution < 1.29 is 9.59 Å². The lowest BCUT2D eigenvalue weighted by molar-refractivity contribution is -0.122. The summed E-state index contributed by atoms with van der Waals surface area (Å²) in [4.78, 5) is 30.1. The number of nitrogens with one attached hydrogen (secondary N) is 2. The van der Waals surface area contributed by atoms with Crippen LogP contribution in [-0.4, -0.2) is 54.3 Å². The molecule has 1 aliphatic rings. The third-order valence-corrected chi connectivity index (χ3v) is 6.54. The van der Waals surface area contributed by atoms with Crippen LogP contribution in [0.3, 0.4) is 0 Å². The first-order valence-corrected chi connectivity index (χ1v) is 11.5. The fraction of sp³-hybridized carbons (Fsp3) is 0.478. The molecule has 1 atom stereocenters. The first-order chi connectivity index (χ1) is 14.5. The largest absolute Gasteiger partial charge is 0.352 e. The van der Waals surface area contributed by atoms with Crippen LogP contribution in [0, 0.1) is 0 Å². The number of carbonyl (C=O) groups excluding carboxylic acids is 2. The number of hydrogen-bond acceptors (Lipinski definition) is 5. The SMILES string of the molecule is CCN1CCN(Cc2ccccc2CNC(=O)CC(NC(C)=O)c2cccs2)CC1. The second-order valence-corrected chi connectivity index (χ2v) is 8.71. The van der Waals surface area contributed by atoms with E-state index in [9.17, 15) is 9.59 Å². The molecule has 2 amide bonds. The monoisotopic (exact) mass is 428 g/mol. The average Bonchev–Trinajstić information content (AvgIpc) is 3.28. The topological polar surface area (TPSA) is 64.7 Å². The van der Waals surface area contributed by atoms with E-state index >= 15 is 0 Å². The van der Waals surface area contributed by atoms with Crippen molar-refractivity contribution >= 4 is 23.2 Å². The minimum atomic E-state index is -0.285. The number of nitrogens with zero attached hydrogens (tertiary/aromatic N) is 2. The zero-order valence-corrected chi connectivity index (χ0v) is 18.7. The number of hydrogen-bond donors (Lipinski definition) is 2. The minimum Gasteiger partial charge on any atom is -0.352 e. The van der Waals surface area contributed by atoms with Crippen LogP contribution < -0.4 is 10.6 Å². The summed E-state index contributed by atoms with van der Waals surface area (Å²) in [7, 11) is 0. The van der Waals surface area contributed by atoms with Gasteiger partial charge in [-0.1, -0.05) is 37.3 Å². The van der Waals surface area contributed by atoms with Crippen LogP contribution in [0.1, 0.15) is 42.3 Å². The maximum atomic E-state index is 12.6. The van der Waals surface area contributed by atoms with Crippen molar-refractivity contribution in [1.29, 1.82) is 0 Å². The molecular formula is C23H32N4O2S. The number of thiophene rings is 1. The first kappa shape index (κ1) is 22.5. The summed E-state index contributed by atoms with van der Waals surface area (Å²) in [5, 5.41) is 7.89. The second-order valence-electron chi connectivity index (χ2n) is 7.73. The Kier molecular flexibility index (Phi) is 8.42. The smallest absolute Gasteiger partial charge is 0.222 e. The minimum absolute atomic E-state index is 0.0616. The van der Waals surface area contributed by atoms with Gasteiger partial charge in [-0.25, -0.2) is 0 Å². The molecule has 162 valence electrons. The van der Waals surface area contributed by atoms with Gasteiger partial charge in [-0.05, 0) is 29.1 Å². The van der Waals surface area contributed by atoms with Crippen LogP contribution in [-0.2, 0) is 22.7 Å². The highest BCUT2D eigenvalue weighted by atomic mass is 32.1. The molecule has 2 N–H and O–H groups in total. The number of rotatable bonds is 9. The molecule has 0 saturated carbocycles. The number of carbonyl (C=O) groups is 2. The van der Waals surface area contributed by atoms with E-state index in [1.54, 1.807) is 11.3 Å². The summed E-state index contributed by atoms with van der Waals surface area (Å²) in [6.45, 7) is 10.6. The third kappa shape index (κ3) is 6.65. The number of piperazine rings is 1. The highest BCUT2D eigenvalue weighted by Gasteiger charge is 2.19. The molecule has 1 aliphatic heterocycles. The molecule has 30 heavy (non-hydrogen) atoms. The van der Waals surface area contributed by atoms with Crippen molar-refractivity contribution in [1.82, 2.24) is 20.4 Å². The molecule has 1 saturated heterocycles. The second kappa shape index (κ2) is 11.2. The average molecular weight is 429 g/mol. The summed E-state index contributed by atoms with van der Waals surface area (Å²) in [6.07, 6.45) is 0.237. The Labute approximate surface area is 183 Å². The fourth-order valence-electron chi connectivity index (χ4n) is 3.80. The van der Waals surface area contributed by atoms with Gasteiger partial charge < -0.3 is 15.5 Å². The fourth-order valence-corrected chi connectivity index (χ4v) is 4.58. The predicted octanol–water partition coefficient (Wildman–Crippen LogP) is 2.77. The van der Waals surface area contributed by atoms with Crippen LogP contribution in [0.15, 0.2) is 41.8 Å². The Hall–Kier alpha value is -2.22. The van der Waals surface area contributed by atoms with Crippen LogP contribution in [0.5, 0.6) is 0 Å². The lowest BCUT2D eigenvalue weighted by Crippen LogP contribution is -2.45. The Bertz CT molecular complexity index is 816. The van der Waals surface area contributed by atoms with E-state index in [0.29, 0.717) is 6.54 Å². The summed E-state index contributed by atoms with van der Waals surface area (Å²) in [5.41, 5.74) is 2.41. The van der Waals surface area contributed by atoms with Gasteiger partial charge in [0.1, 0.15) is 0 Å². The molecule has 0 bridgehead atoms. The molecule has 1 unspecified atom stereocenters. The molecule has 3 rings (SSSR count). The number of benzene rings is 1. The molecule has 7 heteroatoms. The van der Waals surface area contributed by atoms with Crippen molar-refractivity contribution in [2.45, 2.75) is 39.4 Å². The quantitative estimate of drug-likeness (QED) is 0.645. The highest BCUT2D eigenvalue weighted by molar-refractivity contribution is 7.10. The van der Waals surface area contributed by atoms with Crippen LogP contribution >= 0.6 is 11.3 Å². The molecule has 2 heterocycles. The zero-order valence-electron chi connectivity index (χ0n) is 17.9. The Balaban J connectivity index is 1.55. The van der Waals surface area contributed by atoms with E-state index in [1.165, 1.54) is 12.5 Å². The Morgan fingerprint density at radius 3 is 2.37 bits per heavy atom. The van der Waals surface area contributed by atoms with Gasteiger partial charge in [-0.2, -0.15) is 0 Å². The van der Waals surface area contributed by atoms with E-state index in [-0.39, 0.29) is 24.3 Å². The van der Waals surface area contributed by atoms with Gasteiger partial charge in [0.05, 0.1) is 12.5 Å². The molecular weight excluding hydrogens is 396 g/mol. The Morgan fingerprint density at radius 1 is 1.03 bits per heavy atom. The molecule has 6 nitrogen and oxygen atoms in total. The van der Waals surface area contributed by atoms with Gasteiger partial charge in [0, 0.05) is 51.1 Å². The summed E-state index contributed by atoms with van der Waals surface area (Å²) < 4.78 is 0. The number of amides is 2. The maximum absolute atomic E-state index is 12.6. The zero-order chi connectivity index (χ0) is 21.3. The van der Waals surface area contributed by atoms with Gasteiger partial charge in [0.15, 0.2) is 0 Å². The maximum Gasteiger partial charge on any atom is 0.222 e. The molecule has 0 radical (unpaired) electrons. The van der Waals surface area contributed by atoms with E-state index in [2.05, 4.69) is 45.6 Å². The lowest BCUT2D eigenvalue weighted by Gasteiger charge is -2.34. The van der Waals surface area contributed by atoms with Gasteiger partial charge in [0.25, 0.3) is 0 Å².